The molecule has 2 N–H and O–H groups in total. The van der Waals surface area contributed by atoms with Crippen molar-refractivity contribution in [3.05, 3.63) is 29.8 Å². The Bertz CT molecular complexity index is 531. The first-order valence-corrected chi connectivity index (χ1v) is 6.17. The van der Waals surface area contributed by atoms with E-state index in [4.69, 9.17) is 4.74 Å². The number of anilines is 1. The van der Waals surface area contributed by atoms with E-state index in [1.165, 1.54) is 0 Å². The number of alkyl carbamates (subject to hydrolysis) is 1. The zero-order valence-corrected chi connectivity index (χ0v) is 10.2. The summed E-state index contributed by atoms with van der Waals surface area (Å²) >= 11 is 0. The molecule has 2 aliphatic rings. The number of amides is 1. The van der Waals surface area contributed by atoms with Crippen molar-refractivity contribution in [2.45, 2.75) is 18.6 Å². The van der Waals surface area contributed by atoms with E-state index in [0.29, 0.717) is 19.5 Å². The van der Waals surface area contributed by atoms with Gasteiger partial charge in [-0.15, -0.1) is 0 Å². The number of carboxylic acid groups (broad SMARTS) is 1. The Balaban J connectivity index is 1.83. The molecule has 6 nitrogen and oxygen atoms in total. The van der Waals surface area contributed by atoms with Gasteiger partial charge in [0.2, 0.25) is 0 Å². The van der Waals surface area contributed by atoms with Crippen LogP contribution < -0.4 is 10.2 Å². The highest BCUT2D eigenvalue weighted by Gasteiger charge is 2.37. The van der Waals surface area contributed by atoms with E-state index in [2.05, 4.69) is 5.32 Å². The summed E-state index contributed by atoms with van der Waals surface area (Å²) in [6.45, 7) is 0.816. The molecule has 1 aromatic carbocycles. The van der Waals surface area contributed by atoms with Crippen LogP contribution in [0.1, 0.15) is 5.56 Å². The maximum atomic E-state index is 11.4. The summed E-state index contributed by atoms with van der Waals surface area (Å²) in [7, 11) is 0. The molecule has 1 aromatic rings. The normalized spacial score (nSPS) is 24.8. The standard InChI is InChI=1S/C13H14N2O4/c16-12(17)11-5-8-3-1-2-4-10(8)15(11)7-9-6-14-13(18)19-9/h1-4,9,11H,5-7H2,(H,14,18)(H,16,17). The van der Waals surface area contributed by atoms with Gasteiger partial charge in [0.25, 0.3) is 0 Å². The Morgan fingerprint density at radius 1 is 1.47 bits per heavy atom. The largest absolute Gasteiger partial charge is 0.480 e. The predicted octanol–water partition coefficient (Wildman–Crippen LogP) is 0.611. The summed E-state index contributed by atoms with van der Waals surface area (Å²) in [6, 6.07) is 7.04. The smallest absolute Gasteiger partial charge is 0.407 e. The summed E-state index contributed by atoms with van der Waals surface area (Å²) in [5.41, 5.74) is 1.94. The molecule has 0 saturated carbocycles. The minimum Gasteiger partial charge on any atom is -0.480 e. The van der Waals surface area contributed by atoms with Gasteiger partial charge in [0.1, 0.15) is 12.1 Å². The van der Waals surface area contributed by atoms with Crippen LogP contribution in [0, 0.1) is 0 Å². The molecule has 1 fully saturated rings. The SMILES string of the molecule is O=C1NCC(CN2c3ccccc3CC2C(=O)O)O1. The zero-order valence-electron chi connectivity index (χ0n) is 10.2. The van der Waals surface area contributed by atoms with Crippen LogP contribution in [-0.4, -0.2) is 42.4 Å². The number of hydrogen-bond acceptors (Lipinski definition) is 4. The fraction of sp³-hybridized carbons (Fsp3) is 0.385. The molecule has 0 aromatic heterocycles. The van der Waals surface area contributed by atoms with Crippen LogP contribution >= 0.6 is 0 Å². The number of aliphatic carboxylic acids is 1. The molecular formula is C13H14N2O4. The second-order valence-electron chi connectivity index (χ2n) is 4.75. The van der Waals surface area contributed by atoms with Crippen molar-refractivity contribution >= 4 is 17.7 Å². The van der Waals surface area contributed by atoms with Gasteiger partial charge in [-0.2, -0.15) is 0 Å². The molecule has 19 heavy (non-hydrogen) atoms. The molecule has 2 unspecified atom stereocenters. The quantitative estimate of drug-likeness (QED) is 0.834. The van der Waals surface area contributed by atoms with E-state index in [0.717, 1.165) is 11.3 Å². The Morgan fingerprint density at radius 3 is 2.95 bits per heavy atom. The van der Waals surface area contributed by atoms with Crippen LogP contribution in [0.3, 0.4) is 0 Å². The maximum Gasteiger partial charge on any atom is 0.407 e. The lowest BCUT2D eigenvalue weighted by molar-refractivity contribution is -0.138. The molecule has 2 atom stereocenters. The first-order valence-electron chi connectivity index (χ1n) is 6.17. The Morgan fingerprint density at radius 2 is 2.26 bits per heavy atom. The first kappa shape index (κ1) is 11.8. The van der Waals surface area contributed by atoms with E-state index < -0.39 is 18.1 Å². The van der Waals surface area contributed by atoms with Gasteiger partial charge in [0, 0.05) is 12.1 Å². The molecule has 3 rings (SSSR count). The van der Waals surface area contributed by atoms with Crippen molar-refractivity contribution in [3.8, 4) is 0 Å². The summed E-state index contributed by atoms with van der Waals surface area (Å²) in [5, 5.41) is 11.9. The fourth-order valence-electron chi connectivity index (χ4n) is 2.65. The van der Waals surface area contributed by atoms with Crippen LogP contribution in [0.2, 0.25) is 0 Å². The Kier molecular flexibility index (Phi) is 2.77. The number of carbonyl (C=O) groups excluding carboxylic acids is 1. The van der Waals surface area contributed by atoms with Crippen LogP contribution in [-0.2, 0) is 16.0 Å². The topological polar surface area (TPSA) is 78.9 Å². The number of ether oxygens (including phenoxy) is 1. The van der Waals surface area contributed by atoms with Gasteiger partial charge in [0.05, 0.1) is 13.1 Å². The van der Waals surface area contributed by atoms with Crippen molar-refractivity contribution in [1.29, 1.82) is 0 Å². The van der Waals surface area contributed by atoms with Crippen LogP contribution in [0.4, 0.5) is 10.5 Å². The number of para-hydroxylation sites is 1. The molecule has 2 heterocycles. The van der Waals surface area contributed by atoms with E-state index in [1.807, 2.05) is 29.2 Å². The molecule has 0 radical (unpaired) electrons. The van der Waals surface area contributed by atoms with Gasteiger partial charge < -0.3 is 20.1 Å². The number of benzene rings is 1. The van der Waals surface area contributed by atoms with Gasteiger partial charge >= 0.3 is 12.1 Å². The molecule has 0 spiro atoms. The number of fused-ring (bicyclic) bond motifs is 1. The lowest BCUT2D eigenvalue weighted by Crippen LogP contribution is -2.43. The average molecular weight is 262 g/mol. The molecule has 0 bridgehead atoms. The van der Waals surface area contributed by atoms with Gasteiger partial charge in [-0.05, 0) is 11.6 Å². The van der Waals surface area contributed by atoms with Crippen molar-refractivity contribution in [2.75, 3.05) is 18.0 Å². The molecule has 2 aliphatic heterocycles. The Hall–Kier alpha value is -2.24. The summed E-state index contributed by atoms with van der Waals surface area (Å²) in [6.07, 6.45) is -0.260. The van der Waals surface area contributed by atoms with Crippen LogP contribution in [0.15, 0.2) is 24.3 Å². The van der Waals surface area contributed by atoms with Crippen LogP contribution in [0.5, 0.6) is 0 Å². The summed E-state index contributed by atoms with van der Waals surface area (Å²) in [5.74, 6) is -0.853. The minimum atomic E-state index is -0.853. The third kappa shape index (κ3) is 2.09. The lowest BCUT2D eigenvalue weighted by Gasteiger charge is -2.26. The number of carboxylic acids is 1. The van der Waals surface area contributed by atoms with Crippen LogP contribution in [0.25, 0.3) is 0 Å². The van der Waals surface area contributed by atoms with Gasteiger partial charge in [-0.3, -0.25) is 0 Å². The third-order valence-corrected chi connectivity index (χ3v) is 3.52. The lowest BCUT2D eigenvalue weighted by atomic mass is 10.1. The van der Waals surface area contributed by atoms with Gasteiger partial charge in [-0.25, -0.2) is 9.59 Å². The third-order valence-electron chi connectivity index (χ3n) is 3.52. The zero-order chi connectivity index (χ0) is 13.4. The number of rotatable bonds is 3. The first-order chi connectivity index (χ1) is 9.15. The summed E-state index contributed by atoms with van der Waals surface area (Å²) < 4.78 is 5.08. The molecule has 6 heteroatoms. The highest BCUT2D eigenvalue weighted by molar-refractivity contribution is 5.82. The number of nitrogens with zero attached hydrogens (tertiary/aromatic N) is 1. The van der Waals surface area contributed by atoms with E-state index in [9.17, 15) is 14.7 Å². The van der Waals surface area contributed by atoms with Gasteiger partial charge in [-0.1, -0.05) is 18.2 Å². The van der Waals surface area contributed by atoms with Crippen molar-refractivity contribution in [2.24, 2.45) is 0 Å². The molecule has 100 valence electrons. The highest BCUT2D eigenvalue weighted by atomic mass is 16.6. The number of nitrogens with one attached hydrogen (secondary N) is 1. The number of cyclic esters (lactones) is 1. The number of hydrogen-bond donors (Lipinski definition) is 2. The van der Waals surface area contributed by atoms with E-state index >= 15 is 0 Å². The van der Waals surface area contributed by atoms with E-state index in [1.54, 1.807) is 0 Å². The van der Waals surface area contributed by atoms with Crippen molar-refractivity contribution in [3.63, 3.8) is 0 Å². The predicted molar refractivity (Wildman–Crippen MR) is 67.2 cm³/mol. The van der Waals surface area contributed by atoms with Gasteiger partial charge in [0.15, 0.2) is 0 Å². The van der Waals surface area contributed by atoms with Crippen molar-refractivity contribution < 1.29 is 19.4 Å². The monoisotopic (exact) mass is 262 g/mol. The highest BCUT2D eigenvalue weighted by Crippen LogP contribution is 2.32. The fourth-order valence-corrected chi connectivity index (χ4v) is 2.65. The molecule has 1 amide bonds. The molecular weight excluding hydrogens is 248 g/mol. The number of carbonyl (C=O) groups is 2. The van der Waals surface area contributed by atoms with Crippen molar-refractivity contribution in [1.82, 2.24) is 5.32 Å². The molecule has 0 aliphatic carbocycles. The van der Waals surface area contributed by atoms with E-state index in [-0.39, 0.29) is 6.10 Å². The second kappa shape index (κ2) is 4.46. The summed E-state index contributed by atoms with van der Waals surface area (Å²) in [4.78, 5) is 24.2. The molecule has 1 saturated heterocycles. The minimum absolute atomic E-state index is 0.305. The second-order valence-corrected chi connectivity index (χ2v) is 4.75. The average Bonchev–Trinajstić information content (AvgIpc) is 2.95. The maximum absolute atomic E-state index is 11.4. The Labute approximate surface area is 110 Å².